The van der Waals surface area contributed by atoms with E-state index < -0.39 is 59.0 Å². The van der Waals surface area contributed by atoms with E-state index in [0.717, 1.165) is 54.1 Å². The second kappa shape index (κ2) is 48.8. The predicted octanol–water partition coefficient (Wildman–Crippen LogP) is 12.0. The van der Waals surface area contributed by atoms with Gasteiger partial charge in [0.15, 0.2) is 0 Å². The van der Waals surface area contributed by atoms with E-state index in [1.54, 1.807) is 96.5 Å². The van der Waals surface area contributed by atoms with Crippen molar-refractivity contribution in [3.63, 3.8) is 0 Å². The zero-order chi connectivity index (χ0) is 64.5. The number of hydrogen-bond donors (Lipinski definition) is 6. The van der Waals surface area contributed by atoms with Crippen LogP contribution in [0.2, 0.25) is 6.82 Å². The van der Waals surface area contributed by atoms with Gasteiger partial charge in [-0.25, -0.2) is 9.59 Å². The van der Waals surface area contributed by atoms with E-state index in [2.05, 4.69) is 49.1 Å². The molecule has 8 rings (SSSR count). The van der Waals surface area contributed by atoms with Gasteiger partial charge in [0.1, 0.15) is 11.2 Å². The maximum absolute atomic E-state index is 11.0. The third kappa shape index (κ3) is 40.3. The van der Waals surface area contributed by atoms with Gasteiger partial charge >= 0.3 is 51.8 Å². The van der Waals surface area contributed by atoms with Crippen LogP contribution in [0.15, 0.2) is 146 Å². The van der Waals surface area contributed by atoms with Gasteiger partial charge in [0.05, 0.1) is 9.85 Å². The van der Waals surface area contributed by atoms with Crippen molar-refractivity contribution in [2.24, 2.45) is 0 Å². The molecule has 2 saturated heterocycles. The molecule has 4 aromatic carbocycles. The molecule has 0 radical (unpaired) electrons. The molecular weight excluding hydrogens is 1440 g/mol. The Balaban J connectivity index is -0.000000310. The molecule has 2 aromatic heterocycles. The zero-order valence-electron chi connectivity index (χ0n) is 49.1. The standard InChI is InChI=1S/C12H19BN2O.C11H8N2O2.C11H16N2.C10H18O5.C7H7NO2.C5H6BNO2.CH4.2F2.FH.2O.Pd.Pt.H2/c1-13(16)15-8-2-3-11(9-15)10-4-6-12(14)7-5-10;14-13(15)11-5-3-9(4-6-11)10-2-1-7-12-8-10;12-11-5-3-9(4-6-11)10-2-1-7-13-8-10;1-9(2,3)14-7(11)13-8(12)15-10(4,5)6;1-6-2-4-7(5-3-6)8(9)10;8-6(9)5-2-1-3-7-4-5;;2*1-2;;;;;;/h4-7,11,16H,2-3,8-9,14H2,1H3;1-8H;3-6,10,13H,1-2,7-8,12H2;1-6H3;2-5H,1H3;1-4,8-9H;1H4;;;1H;;;;;1H. The fourth-order valence-corrected chi connectivity index (χ4v) is 7.40. The molecular formula is C57H81B2F5N8O14PdPt. The number of carbonyl (C=O) groups excluding carboxylic acids is 2. The minimum absolute atomic E-state index is 0. The number of nitrogens with two attached hydrogens (primary N) is 2. The minimum atomic E-state index is -1.92. The van der Waals surface area contributed by atoms with Gasteiger partial charge in [0.2, 0.25) is 0 Å². The van der Waals surface area contributed by atoms with Crippen LogP contribution in [0.5, 0.6) is 0 Å². The number of aryl methyl sites for hydroxylation is 1. The largest absolute Gasteiger partial charge is 0 e. The number of halogens is 5. The smallest absolute Gasteiger partial charge is 0 e. The molecule has 2 aliphatic heterocycles. The molecule has 0 spiro atoms. The molecule has 494 valence electrons. The summed E-state index contributed by atoms with van der Waals surface area (Å²) in [6.45, 7) is 18.0. The second-order valence-corrected chi connectivity index (χ2v) is 20.6. The third-order valence-corrected chi connectivity index (χ3v) is 11.3. The monoisotopic (exact) mass is 1520 g/mol. The maximum Gasteiger partial charge on any atom is 0 e. The predicted molar refractivity (Wildman–Crippen MR) is 323 cm³/mol. The number of aromatic nitrogens is 2. The van der Waals surface area contributed by atoms with Gasteiger partial charge in [-0.3, -0.25) is 34.9 Å². The summed E-state index contributed by atoms with van der Waals surface area (Å²) >= 11 is -1.92. The Bertz CT molecular complexity index is 2820. The number of piperidine rings is 2. The SMILES string of the molecule is C.CB(O)N1CCCC(c2ccc(N)cc2)C1.CC(C)(C)OC(=O)OC(=O)OC(C)(C)C.Cc1ccc([N+](=O)[O-])cc1.F.FF.FF.Nc1ccc(C2CCCNC2)cc1.O=[N+]([O-])c1ccc(-c2cccnc2)cc1.OB(O)c1cccnc1.[HH].[O]=[Pt]=[O].[Pd]. The number of nitrogens with zero attached hydrogens (tertiary/aromatic N) is 5. The first kappa shape index (κ1) is 87.3. The Morgan fingerprint density at radius 3 is 1.47 bits per heavy atom. The van der Waals surface area contributed by atoms with Gasteiger partial charge < -0.3 is 50.9 Å². The molecule has 0 aliphatic carbocycles. The number of benzene rings is 4. The van der Waals surface area contributed by atoms with Gasteiger partial charge in [0.25, 0.3) is 11.4 Å². The molecule has 0 saturated carbocycles. The summed E-state index contributed by atoms with van der Waals surface area (Å²) in [4.78, 5) is 51.6. The summed E-state index contributed by atoms with van der Waals surface area (Å²) in [6, 6.07) is 36.2. The average Bonchev–Trinajstić information content (AvgIpc) is 3.50. The molecule has 88 heavy (non-hydrogen) atoms. The number of pyridine rings is 2. The summed E-state index contributed by atoms with van der Waals surface area (Å²) in [5.74, 6) is 1.22. The Kier molecular flexibility index (Phi) is 48.4. The van der Waals surface area contributed by atoms with Crippen molar-refractivity contribution < 1.29 is 119 Å². The van der Waals surface area contributed by atoms with Crippen LogP contribution >= 0.6 is 0 Å². The number of nitro groups is 2. The first-order valence-corrected chi connectivity index (χ1v) is 27.8. The summed E-state index contributed by atoms with van der Waals surface area (Å²) in [6.07, 6.45) is 9.22. The van der Waals surface area contributed by atoms with E-state index >= 15 is 0 Å². The summed E-state index contributed by atoms with van der Waals surface area (Å²) in [7, 11) is -1.74. The Labute approximate surface area is 534 Å². The Morgan fingerprint density at radius 2 is 1.11 bits per heavy atom. The van der Waals surface area contributed by atoms with E-state index in [0.29, 0.717) is 17.3 Å². The number of nitrogens with one attached hydrogen (secondary N) is 1. The van der Waals surface area contributed by atoms with Crippen LogP contribution in [0.4, 0.5) is 55.3 Å². The summed E-state index contributed by atoms with van der Waals surface area (Å²) in [5.41, 5.74) is 17.9. The van der Waals surface area contributed by atoms with Crippen molar-refractivity contribution in [3.8, 4) is 11.1 Å². The fourth-order valence-electron chi connectivity index (χ4n) is 7.40. The van der Waals surface area contributed by atoms with E-state index in [-0.39, 0.29) is 52.4 Å². The minimum Gasteiger partial charge on any atom is 0 e. The topological polar surface area (TPSA) is 336 Å². The zero-order valence-corrected chi connectivity index (χ0v) is 52.9. The van der Waals surface area contributed by atoms with Crippen LogP contribution in [0.1, 0.15) is 105 Å². The van der Waals surface area contributed by atoms with Crippen molar-refractivity contribution in [1.29, 1.82) is 0 Å². The molecule has 31 heteroatoms. The summed E-state index contributed by atoms with van der Waals surface area (Å²) in [5, 5.41) is 50.6. The van der Waals surface area contributed by atoms with Crippen LogP contribution in [-0.2, 0) is 59.9 Å². The van der Waals surface area contributed by atoms with Crippen molar-refractivity contribution in [2.45, 2.75) is 111 Å². The molecule has 2 fully saturated rings. The van der Waals surface area contributed by atoms with E-state index in [1.807, 2.05) is 50.1 Å². The molecule has 6 aromatic rings. The van der Waals surface area contributed by atoms with E-state index in [4.69, 9.17) is 56.1 Å². The molecule has 4 heterocycles. The molecule has 2 atom stereocenters. The van der Waals surface area contributed by atoms with E-state index in [1.165, 1.54) is 67.4 Å². The third-order valence-electron chi connectivity index (χ3n) is 11.3. The van der Waals surface area contributed by atoms with Gasteiger partial charge in [-0.15, -0.1) is 0 Å². The van der Waals surface area contributed by atoms with Crippen LogP contribution in [0, 0.1) is 27.2 Å². The second-order valence-electron chi connectivity index (χ2n) is 20.2. The first-order valence-electron chi connectivity index (χ1n) is 25.9. The number of anilines is 2. The average molecular weight is 1520 g/mol. The summed E-state index contributed by atoms with van der Waals surface area (Å²) < 4.78 is 62.8. The molecule has 0 amide bonds. The first-order chi connectivity index (χ1) is 40.2. The normalized spacial score (nSPS) is 13.4. The van der Waals surface area contributed by atoms with Crippen LogP contribution in [0.3, 0.4) is 0 Å². The Morgan fingerprint density at radius 1 is 0.693 bits per heavy atom. The number of non-ortho nitro benzene ring substituents is 2. The quantitative estimate of drug-likeness (QED) is 0.0164. The van der Waals surface area contributed by atoms with Crippen molar-refractivity contribution in [1.82, 2.24) is 20.1 Å². The van der Waals surface area contributed by atoms with Gasteiger partial charge in [-0.1, -0.05) is 61.5 Å². The van der Waals surface area contributed by atoms with E-state index in [9.17, 15) is 34.8 Å². The van der Waals surface area contributed by atoms with Gasteiger partial charge in [-0.2, -0.15) is 0 Å². The van der Waals surface area contributed by atoms with Crippen molar-refractivity contribution >= 4 is 54.7 Å². The molecule has 22 nitrogen and oxygen atoms in total. The van der Waals surface area contributed by atoms with Crippen molar-refractivity contribution in [3.05, 3.63) is 183 Å². The van der Waals surface area contributed by atoms with Crippen molar-refractivity contribution in [2.75, 3.05) is 37.6 Å². The molecule has 0 bridgehead atoms. The number of nitro benzene ring substituents is 2. The number of hydrogen-bond acceptors (Lipinski definition) is 20. The fraction of sp³-hybridized carbons (Fsp3) is 0.368. The number of rotatable bonds is 7. The van der Waals surface area contributed by atoms with Gasteiger partial charge in [0, 0.05) is 113 Å². The number of carbonyl (C=O) groups is 2. The molecule has 2 aliphatic rings. The molecule has 8 N–H and O–H groups in total. The number of nitrogen functional groups attached to an aromatic ring is 2. The molecule has 2 unspecified atom stereocenters. The maximum atomic E-state index is 11.0. The number of ether oxygens (including phenoxy) is 3. The van der Waals surface area contributed by atoms with Crippen LogP contribution in [-0.4, -0.2) is 104 Å². The van der Waals surface area contributed by atoms with Gasteiger partial charge in [-0.05, 0) is 183 Å². The Hall–Kier alpha value is -7.15. The van der Waals surface area contributed by atoms with Crippen LogP contribution < -0.4 is 22.2 Å². The van der Waals surface area contributed by atoms with Crippen LogP contribution in [0.25, 0.3) is 11.1 Å².